The van der Waals surface area contributed by atoms with Crippen LogP contribution in [0.1, 0.15) is 65.2 Å². The van der Waals surface area contributed by atoms with Crippen molar-refractivity contribution < 1.29 is 4.79 Å². The molecule has 1 amide bonds. The van der Waals surface area contributed by atoms with Gasteiger partial charge in [0.05, 0.1) is 0 Å². The van der Waals surface area contributed by atoms with E-state index in [-0.39, 0.29) is 5.91 Å². The lowest BCUT2D eigenvalue weighted by Gasteiger charge is -2.24. The Hall–Kier alpha value is -1.26. The summed E-state index contributed by atoms with van der Waals surface area (Å²) in [5.41, 5.74) is 0. The summed E-state index contributed by atoms with van der Waals surface area (Å²) in [7, 11) is 1.83. The molecule has 138 valence electrons. The van der Waals surface area contributed by atoms with Gasteiger partial charge in [-0.3, -0.25) is 9.79 Å². The van der Waals surface area contributed by atoms with Crippen LogP contribution in [0.2, 0.25) is 0 Å². The first-order chi connectivity index (χ1) is 11.6. The van der Waals surface area contributed by atoms with Gasteiger partial charge in [-0.25, -0.2) is 0 Å². The first kappa shape index (κ1) is 19.1. The summed E-state index contributed by atoms with van der Waals surface area (Å²) in [4.78, 5) is 18.8. The number of carbonyl (C=O) groups excluding carboxylic acids is 1. The summed E-state index contributed by atoms with van der Waals surface area (Å²) in [6.45, 7) is 7.41. The second-order valence-electron chi connectivity index (χ2n) is 7.86. The maximum Gasteiger partial charge on any atom is 0.221 e. The van der Waals surface area contributed by atoms with Gasteiger partial charge in [0.1, 0.15) is 0 Å². The van der Waals surface area contributed by atoms with E-state index in [0.29, 0.717) is 19.0 Å². The van der Waals surface area contributed by atoms with Crippen LogP contribution in [0.5, 0.6) is 0 Å². The average molecular weight is 337 g/mol. The van der Waals surface area contributed by atoms with Crippen LogP contribution in [0, 0.1) is 11.8 Å². The molecule has 0 aromatic heterocycles. The van der Waals surface area contributed by atoms with Crippen molar-refractivity contribution in [2.45, 2.75) is 71.3 Å². The molecule has 1 aliphatic carbocycles. The molecular weight excluding hydrogens is 300 g/mol. The highest BCUT2D eigenvalue weighted by molar-refractivity contribution is 5.81. The molecule has 1 aliphatic heterocycles. The highest BCUT2D eigenvalue weighted by Crippen LogP contribution is 2.23. The van der Waals surface area contributed by atoms with Crippen molar-refractivity contribution >= 4 is 11.9 Å². The van der Waals surface area contributed by atoms with Crippen LogP contribution in [0.25, 0.3) is 0 Å². The van der Waals surface area contributed by atoms with Crippen molar-refractivity contribution in [3.05, 3.63) is 0 Å². The molecule has 0 aromatic carbocycles. The lowest BCUT2D eigenvalue weighted by molar-refractivity contribution is -0.121. The molecule has 2 N–H and O–H groups in total. The zero-order valence-electron chi connectivity index (χ0n) is 15.8. The molecule has 2 rings (SSSR count). The summed E-state index contributed by atoms with van der Waals surface area (Å²) in [6.07, 6.45) is 9.18. The van der Waals surface area contributed by atoms with Crippen LogP contribution in [0.15, 0.2) is 4.99 Å². The summed E-state index contributed by atoms with van der Waals surface area (Å²) in [5, 5.41) is 6.54. The van der Waals surface area contributed by atoms with E-state index in [1.165, 1.54) is 32.1 Å². The number of amides is 1. The Balaban J connectivity index is 1.65. The van der Waals surface area contributed by atoms with E-state index >= 15 is 0 Å². The minimum absolute atomic E-state index is 0.170. The van der Waals surface area contributed by atoms with Gasteiger partial charge in [0.2, 0.25) is 5.91 Å². The van der Waals surface area contributed by atoms with Crippen LogP contribution in [0.4, 0.5) is 0 Å². The van der Waals surface area contributed by atoms with Crippen molar-refractivity contribution in [1.29, 1.82) is 0 Å². The topological polar surface area (TPSA) is 56.7 Å². The van der Waals surface area contributed by atoms with Crippen molar-refractivity contribution in [3.63, 3.8) is 0 Å². The normalized spacial score (nSPS) is 22.9. The number of guanidine groups is 1. The number of likely N-dealkylation sites (tertiary alicyclic amines) is 1. The van der Waals surface area contributed by atoms with Crippen LogP contribution in [0.3, 0.4) is 0 Å². The Morgan fingerprint density at radius 1 is 1.21 bits per heavy atom. The van der Waals surface area contributed by atoms with Crippen LogP contribution < -0.4 is 10.6 Å². The fourth-order valence-corrected chi connectivity index (χ4v) is 4.05. The van der Waals surface area contributed by atoms with Gasteiger partial charge >= 0.3 is 0 Å². The number of nitrogens with zero attached hydrogens (tertiary/aromatic N) is 2. The molecule has 2 aliphatic rings. The van der Waals surface area contributed by atoms with Crippen LogP contribution in [-0.4, -0.2) is 49.5 Å². The Morgan fingerprint density at radius 3 is 2.62 bits per heavy atom. The summed E-state index contributed by atoms with van der Waals surface area (Å²) < 4.78 is 0. The molecule has 5 nitrogen and oxygen atoms in total. The maximum atomic E-state index is 12.1. The third kappa shape index (κ3) is 6.33. The second kappa shape index (κ2) is 9.90. The molecule has 1 unspecified atom stereocenters. The van der Waals surface area contributed by atoms with E-state index < -0.39 is 0 Å². The fraction of sp³-hybridized carbons (Fsp3) is 0.895. The van der Waals surface area contributed by atoms with Gasteiger partial charge in [-0.05, 0) is 37.5 Å². The smallest absolute Gasteiger partial charge is 0.221 e. The van der Waals surface area contributed by atoms with E-state index in [1.54, 1.807) is 0 Å². The molecule has 1 saturated heterocycles. The number of hydrogen-bond donors (Lipinski definition) is 2. The van der Waals surface area contributed by atoms with Crippen molar-refractivity contribution in [2.24, 2.45) is 16.8 Å². The third-order valence-electron chi connectivity index (χ3n) is 5.21. The quantitative estimate of drug-likeness (QED) is 0.579. The first-order valence-corrected chi connectivity index (χ1v) is 9.83. The van der Waals surface area contributed by atoms with Crippen LogP contribution >= 0.6 is 0 Å². The predicted molar refractivity (Wildman–Crippen MR) is 100 cm³/mol. The second-order valence-corrected chi connectivity index (χ2v) is 7.86. The number of rotatable bonds is 6. The van der Waals surface area contributed by atoms with Crippen molar-refractivity contribution in [1.82, 2.24) is 15.5 Å². The molecule has 5 heteroatoms. The van der Waals surface area contributed by atoms with Gasteiger partial charge in [0.15, 0.2) is 5.96 Å². The Morgan fingerprint density at radius 2 is 1.96 bits per heavy atom. The summed E-state index contributed by atoms with van der Waals surface area (Å²) in [6, 6.07) is 0.404. The standard InChI is InChI=1S/C19H36N4O/c1-15(2)13-16-10-12-23(14-16)19(20-3)21-11-9-18(24)22-17-7-5-4-6-8-17/h15-17H,4-14H2,1-3H3,(H,20,21)(H,22,24). The number of hydrogen-bond acceptors (Lipinski definition) is 2. The molecule has 1 atom stereocenters. The van der Waals surface area contributed by atoms with Crippen molar-refractivity contribution in [2.75, 3.05) is 26.7 Å². The molecule has 1 heterocycles. The Kier molecular flexibility index (Phi) is 7.86. The van der Waals surface area contributed by atoms with Crippen molar-refractivity contribution in [3.8, 4) is 0 Å². The minimum Gasteiger partial charge on any atom is -0.356 e. The molecule has 2 fully saturated rings. The molecule has 0 bridgehead atoms. The molecule has 0 radical (unpaired) electrons. The monoisotopic (exact) mass is 336 g/mol. The van der Waals surface area contributed by atoms with E-state index in [0.717, 1.165) is 43.7 Å². The summed E-state index contributed by atoms with van der Waals surface area (Å²) >= 11 is 0. The van der Waals surface area contributed by atoms with Gasteiger partial charge in [-0.1, -0.05) is 33.1 Å². The number of nitrogens with one attached hydrogen (secondary N) is 2. The lowest BCUT2D eigenvalue weighted by Crippen LogP contribution is -2.42. The van der Waals surface area contributed by atoms with Gasteiger partial charge in [-0.15, -0.1) is 0 Å². The van der Waals surface area contributed by atoms with Gasteiger partial charge in [0, 0.05) is 39.1 Å². The van der Waals surface area contributed by atoms with Gasteiger partial charge < -0.3 is 15.5 Å². The van der Waals surface area contributed by atoms with Gasteiger partial charge in [-0.2, -0.15) is 0 Å². The molecule has 0 spiro atoms. The maximum absolute atomic E-state index is 12.1. The first-order valence-electron chi connectivity index (χ1n) is 9.83. The van der Waals surface area contributed by atoms with Gasteiger partial charge in [0.25, 0.3) is 0 Å². The number of carbonyl (C=O) groups is 1. The van der Waals surface area contributed by atoms with E-state index in [2.05, 4.69) is 34.4 Å². The zero-order valence-corrected chi connectivity index (χ0v) is 15.8. The molecule has 0 aromatic rings. The minimum atomic E-state index is 0.170. The zero-order chi connectivity index (χ0) is 17.4. The predicted octanol–water partition coefficient (Wildman–Crippen LogP) is 2.77. The SMILES string of the molecule is CN=C(NCCC(=O)NC1CCCCC1)N1CCC(CC(C)C)C1. The Labute approximate surface area is 147 Å². The highest BCUT2D eigenvalue weighted by Gasteiger charge is 2.25. The summed E-state index contributed by atoms with van der Waals surface area (Å²) in [5.74, 6) is 2.65. The van der Waals surface area contributed by atoms with E-state index in [4.69, 9.17) is 0 Å². The Bertz CT molecular complexity index is 416. The third-order valence-corrected chi connectivity index (χ3v) is 5.21. The lowest BCUT2D eigenvalue weighted by atomic mass is 9.95. The molecular formula is C19H36N4O. The number of aliphatic imine (C=N–C) groups is 1. The molecule has 1 saturated carbocycles. The largest absolute Gasteiger partial charge is 0.356 e. The highest BCUT2D eigenvalue weighted by atomic mass is 16.1. The van der Waals surface area contributed by atoms with E-state index in [9.17, 15) is 4.79 Å². The van der Waals surface area contributed by atoms with E-state index in [1.807, 2.05) is 7.05 Å². The fourth-order valence-electron chi connectivity index (χ4n) is 4.05. The van der Waals surface area contributed by atoms with Crippen LogP contribution in [-0.2, 0) is 4.79 Å². The average Bonchev–Trinajstić information content (AvgIpc) is 3.00. The molecule has 24 heavy (non-hydrogen) atoms.